The zero-order chi connectivity index (χ0) is 35.8. The highest BCUT2D eigenvalue weighted by Crippen LogP contribution is 2.28. The largest absolute Gasteiger partial charge is 0.445 e. The fraction of sp³-hybridized carbons (Fsp3) is 0.405. The van der Waals surface area contributed by atoms with Crippen molar-refractivity contribution >= 4 is 29.0 Å². The average molecular weight is 689 g/mol. The van der Waals surface area contributed by atoms with Crippen molar-refractivity contribution in [2.45, 2.75) is 81.9 Å². The molecule has 0 aliphatic carbocycles. The van der Waals surface area contributed by atoms with Crippen LogP contribution in [-0.4, -0.2) is 64.3 Å². The molecule has 9 N–H and O–H groups in total. The van der Waals surface area contributed by atoms with E-state index >= 15 is 0 Å². The van der Waals surface area contributed by atoms with Gasteiger partial charge in [-0.3, -0.25) is 9.59 Å². The Morgan fingerprint density at radius 1 is 0.720 bits per heavy atom. The number of oxazole rings is 1. The number of alkyl carbamates (subject to hydrolysis) is 1. The number of nitrogens with zero attached hydrogens (tertiary/aromatic N) is 1. The van der Waals surface area contributed by atoms with Gasteiger partial charge >= 0.3 is 6.09 Å². The number of aromatic nitrogens is 1. The predicted molar refractivity (Wildman–Crippen MR) is 188 cm³/mol. The van der Waals surface area contributed by atoms with Crippen molar-refractivity contribution in [1.29, 1.82) is 0 Å². The lowest BCUT2D eigenvalue weighted by Gasteiger charge is -2.31. The van der Waals surface area contributed by atoms with E-state index < -0.39 is 41.8 Å². The molecule has 1 aromatic heterocycles. The van der Waals surface area contributed by atoms with E-state index in [1.54, 1.807) is 24.3 Å². The van der Waals surface area contributed by atoms with Crippen molar-refractivity contribution in [3.8, 4) is 0 Å². The number of nitrogens with one attached hydrogen (secondary N) is 3. The minimum absolute atomic E-state index is 0.0155. The molecule has 0 fully saturated rings. The van der Waals surface area contributed by atoms with Crippen molar-refractivity contribution in [2.24, 2.45) is 11.5 Å². The number of aliphatic hydroxyl groups is 2. The predicted octanol–water partition coefficient (Wildman–Crippen LogP) is 3.12. The maximum atomic E-state index is 14.0. The van der Waals surface area contributed by atoms with E-state index in [1.165, 1.54) is 0 Å². The van der Waals surface area contributed by atoms with Crippen molar-refractivity contribution < 1.29 is 33.8 Å². The summed E-state index contributed by atoms with van der Waals surface area (Å²) >= 11 is 0. The van der Waals surface area contributed by atoms with E-state index in [2.05, 4.69) is 20.9 Å². The summed E-state index contributed by atoms with van der Waals surface area (Å²) in [7, 11) is 0. The van der Waals surface area contributed by atoms with Crippen LogP contribution < -0.4 is 27.4 Å². The van der Waals surface area contributed by atoms with Gasteiger partial charge in [-0.05, 0) is 87.7 Å². The molecular formula is C37H48N6O7. The van der Waals surface area contributed by atoms with Crippen LogP contribution in [-0.2, 0) is 33.1 Å². The number of ether oxygens (including phenoxy) is 1. The number of para-hydroxylation sites is 2. The summed E-state index contributed by atoms with van der Waals surface area (Å²) in [6, 6.07) is 22.0. The van der Waals surface area contributed by atoms with Crippen molar-refractivity contribution in [3.05, 3.63) is 102 Å². The molecule has 0 aliphatic rings. The summed E-state index contributed by atoms with van der Waals surface area (Å²) in [6.07, 6.45) is 2.41. The third-order valence-corrected chi connectivity index (χ3v) is 8.32. The maximum absolute atomic E-state index is 14.0. The Labute approximate surface area is 291 Å². The summed E-state index contributed by atoms with van der Waals surface area (Å²) < 4.78 is 11.0. The number of unbranched alkanes of at least 4 members (excludes halogenated alkanes) is 2. The lowest BCUT2D eigenvalue weighted by atomic mass is 9.98. The number of nitrogens with two attached hydrogens (primary N) is 2. The Morgan fingerprint density at radius 2 is 1.30 bits per heavy atom. The lowest BCUT2D eigenvalue weighted by molar-refractivity contribution is -0.210. The number of hydrogen-bond donors (Lipinski definition) is 7. The molecule has 1 heterocycles. The molecule has 50 heavy (non-hydrogen) atoms. The molecule has 0 bridgehead atoms. The molecule has 13 heteroatoms. The molecule has 0 aliphatic heterocycles. The first-order valence-electron chi connectivity index (χ1n) is 17.0. The van der Waals surface area contributed by atoms with Gasteiger partial charge in [0.1, 0.15) is 24.2 Å². The topological polar surface area (TPSA) is 215 Å². The Hall–Kier alpha value is -4.82. The molecule has 268 valence electrons. The Kier molecular flexibility index (Phi) is 14.7. The number of carbonyl (C=O) groups is 3. The maximum Gasteiger partial charge on any atom is 0.408 e. The molecule has 0 saturated heterocycles. The van der Waals surface area contributed by atoms with Crippen molar-refractivity contribution in [1.82, 2.24) is 20.9 Å². The molecule has 13 nitrogen and oxygen atoms in total. The van der Waals surface area contributed by atoms with Gasteiger partial charge in [0, 0.05) is 0 Å². The molecule has 3 amide bonds. The molecule has 4 rings (SSSR count). The zero-order valence-electron chi connectivity index (χ0n) is 28.1. The van der Waals surface area contributed by atoms with Gasteiger partial charge in [-0.2, -0.15) is 0 Å². The van der Waals surface area contributed by atoms with Crippen LogP contribution in [0.15, 0.2) is 89.3 Å². The van der Waals surface area contributed by atoms with Crippen molar-refractivity contribution in [3.63, 3.8) is 0 Å². The quantitative estimate of drug-likeness (QED) is 0.0532. The smallest absolute Gasteiger partial charge is 0.408 e. The standard InChI is InChI=1S/C37H48N6O7/c38-23-11-9-18-29(42-36(46)49-25-27-15-5-2-6-16-27)33(44)40-30(22-21-26-13-3-1-4-14-26)34(45)43-32(20-10-12-24-39)37(47,48)35-41-28-17-7-8-19-31(28)50-35/h1-8,13-17,19,29-30,32,47-48H,9-12,18,20-25,38-39H2,(H,40,44)(H,42,46)(H,43,45)/t29-,30-,32-/m0/s1. The van der Waals surface area contributed by atoms with E-state index in [1.807, 2.05) is 60.7 Å². The SMILES string of the molecule is NCCCC[C@H](NC(=O)OCc1ccccc1)C(=O)N[C@@H](CCc1ccccc1)C(=O)N[C@@H](CCCCN)C(O)(O)c1nc2ccccc2o1. The van der Waals surface area contributed by atoms with Crippen molar-refractivity contribution in [2.75, 3.05) is 13.1 Å². The summed E-state index contributed by atoms with van der Waals surface area (Å²) in [5.74, 6) is -4.31. The molecule has 0 saturated carbocycles. The first-order chi connectivity index (χ1) is 24.2. The van der Waals surface area contributed by atoms with Gasteiger partial charge in [0.15, 0.2) is 5.58 Å². The number of amides is 3. The first-order valence-corrected chi connectivity index (χ1v) is 17.0. The average Bonchev–Trinajstić information content (AvgIpc) is 3.58. The molecule has 3 aromatic carbocycles. The second kappa shape index (κ2) is 19.4. The monoisotopic (exact) mass is 688 g/mol. The van der Waals surface area contributed by atoms with E-state index in [0.717, 1.165) is 11.1 Å². The summed E-state index contributed by atoms with van der Waals surface area (Å²) in [4.78, 5) is 44.8. The second-order valence-electron chi connectivity index (χ2n) is 12.2. The number of aryl methyl sites for hydroxylation is 1. The van der Waals surface area contributed by atoms with Gasteiger partial charge < -0.3 is 46.8 Å². The molecular weight excluding hydrogens is 640 g/mol. The van der Waals surface area contributed by atoms with Gasteiger partial charge in [0.25, 0.3) is 11.7 Å². The number of rotatable bonds is 20. The molecule has 4 aromatic rings. The van der Waals surface area contributed by atoms with Crippen LogP contribution in [0.2, 0.25) is 0 Å². The summed E-state index contributed by atoms with van der Waals surface area (Å²) in [6.45, 7) is 0.793. The summed E-state index contributed by atoms with van der Waals surface area (Å²) in [5, 5.41) is 31.0. The highest BCUT2D eigenvalue weighted by Gasteiger charge is 2.43. The van der Waals surface area contributed by atoms with Gasteiger partial charge in [0.2, 0.25) is 11.8 Å². The molecule has 0 radical (unpaired) electrons. The van der Waals surface area contributed by atoms with Crippen LogP contribution in [0.1, 0.15) is 62.0 Å². The first kappa shape index (κ1) is 38.0. The zero-order valence-corrected chi connectivity index (χ0v) is 28.1. The van der Waals surface area contributed by atoms with E-state index in [-0.39, 0.29) is 31.8 Å². The van der Waals surface area contributed by atoms with E-state index in [4.69, 9.17) is 20.6 Å². The highest BCUT2D eigenvalue weighted by atomic mass is 16.5. The Bertz CT molecular complexity index is 1600. The minimum atomic E-state index is -2.69. The van der Waals surface area contributed by atoms with Crippen LogP contribution in [0.25, 0.3) is 11.1 Å². The third-order valence-electron chi connectivity index (χ3n) is 8.32. The lowest BCUT2D eigenvalue weighted by Crippen LogP contribution is -2.58. The Morgan fingerprint density at radius 3 is 1.96 bits per heavy atom. The fourth-order valence-electron chi connectivity index (χ4n) is 5.48. The van der Waals surface area contributed by atoms with Crippen LogP contribution in [0.3, 0.4) is 0 Å². The Balaban J connectivity index is 1.53. The second-order valence-corrected chi connectivity index (χ2v) is 12.2. The number of carbonyl (C=O) groups excluding carboxylic acids is 3. The van der Waals surface area contributed by atoms with E-state index in [9.17, 15) is 24.6 Å². The normalized spacial score (nSPS) is 13.3. The van der Waals surface area contributed by atoms with Crippen LogP contribution in [0, 0.1) is 0 Å². The third kappa shape index (κ3) is 11.4. The molecule has 3 atom stereocenters. The van der Waals surface area contributed by atoms with Gasteiger partial charge in [0.05, 0.1) is 6.04 Å². The fourth-order valence-corrected chi connectivity index (χ4v) is 5.48. The number of fused-ring (bicyclic) bond motifs is 1. The van der Waals surface area contributed by atoms with Crippen LogP contribution >= 0.6 is 0 Å². The number of hydrogen-bond acceptors (Lipinski definition) is 10. The molecule has 0 unspecified atom stereocenters. The summed E-state index contributed by atoms with van der Waals surface area (Å²) in [5.41, 5.74) is 13.9. The molecule has 0 spiro atoms. The van der Waals surface area contributed by atoms with Gasteiger partial charge in [-0.25, -0.2) is 9.78 Å². The van der Waals surface area contributed by atoms with Crippen LogP contribution in [0.5, 0.6) is 0 Å². The van der Waals surface area contributed by atoms with Gasteiger partial charge in [-0.1, -0.05) is 72.8 Å². The number of benzene rings is 3. The minimum Gasteiger partial charge on any atom is -0.445 e. The van der Waals surface area contributed by atoms with Crippen LogP contribution in [0.4, 0.5) is 4.79 Å². The highest BCUT2D eigenvalue weighted by molar-refractivity contribution is 5.91. The van der Waals surface area contributed by atoms with E-state index in [0.29, 0.717) is 56.3 Å². The van der Waals surface area contributed by atoms with Gasteiger partial charge in [-0.15, -0.1) is 0 Å².